The lowest BCUT2D eigenvalue weighted by molar-refractivity contribution is -0.119. The Morgan fingerprint density at radius 1 is 1.36 bits per heavy atom. The van der Waals surface area contributed by atoms with Crippen LogP contribution in [0.4, 0.5) is 4.39 Å². The Morgan fingerprint density at radius 3 is 2.80 bits per heavy atom. The number of ether oxygens (including phenoxy) is 1. The van der Waals surface area contributed by atoms with Crippen molar-refractivity contribution < 1.29 is 23.4 Å². The molecule has 3 rings (SSSR count). The van der Waals surface area contributed by atoms with Crippen molar-refractivity contribution in [2.75, 3.05) is 13.2 Å². The Hall–Kier alpha value is -2.60. The van der Waals surface area contributed by atoms with Gasteiger partial charge in [-0.05, 0) is 51.1 Å². The molecule has 0 fully saturated rings. The van der Waals surface area contributed by atoms with Crippen LogP contribution in [0.25, 0.3) is 6.08 Å². The number of carbonyl (C=O) groups excluding carboxylic acids is 1. The number of hydrogen-bond donors (Lipinski definition) is 2. The van der Waals surface area contributed by atoms with E-state index in [1.54, 1.807) is 32.9 Å². The van der Waals surface area contributed by atoms with Crippen molar-refractivity contribution in [3.05, 3.63) is 58.3 Å². The number of hydrogen-bond acceptors (Lipinski definition) is 4. The number of fused-ring (bicyclic) bond motifs is 1. The summed E-state index contributed by atoms with van der Waals surface area (Å²) in [6, 6.07) is 5.91. The van der Waals surface area contributed by atoms with Gasteiger partial charge in [-0.25, -0.2) is 4.39 Å². The highest BCUT2D eigenvalue weighted by Crippen LogP contribution is 2.28. The molecule has 1 unspecified atom stereocenters. The molecular weight excluding hydrogens is 325 g/mol. The summed E-state index contributed by atoms with van der Waals surface area (Å²) in [6.45, 7) is 5.28. The summed E-state index contributed by atoms with van der Waals surface area (Å²) in [5, 5.41) is 13.3. The van der Waals surface area contributed by atoms with E-state index in [4.69, 9.17) is 9.15 Å². The number of benzene rings is 1. The van der Waals surface area contributed by atoms with Crippen LogP contribution >= 0.6 is 0 Å². The largest absolute Gasteiger partial charge is 0.488 e. The number of aryl methyl sites for hydroxylation is 2. The maximum atomic E-state index is 13.3. The molecule has 0 saturated heterocycles. The number of furan rings is 1. The molecule has 0 radical (unpaired) electrons. The van der Waals surface area contributed by atoms with Crippen molar-refractivity contribution in [3.63, 3.8) is 0 Å². The average molecular weight is 345 g/mol. The monoisotopic (exact) mass is 345 g/mol. The summed E-state index contributed by atoms with van der Waals surface area (Å²) >= 11 is 0. The van der Waals surface area contributed by atoms with E-state index in [0.717, 1.165) is 0 Å². The topological polar surface area (TPSA) is 71.7 Å². The predicted molar refractivity (Wildman–Crippen MR) is 90.6 cm³/mol. The third kappa shape index (κ3) is 3.58. The van der Waals surface area contributed by atoms with Crippen LogP contribution in [0.15, 0.2) is 34.3 Å². The lowest BCUT2D eigenvalue weighted by Gasteiger charge is -2.24. The van der Waals surface area contributed by atoms with E-state index in [2.05, 4.69) is 5.32 Å². The highest BCUT2D eigenvalue weighted by molar-refractivity contribution is 5.99. The minimum atomic E-state index is -1.27. The van der Waals surface area contributed by atoms with Gasteiger partial charge in [-0.3, -0.25) is 4.79 Å². The summed E-state index contributed by atoms with van der Waals surface area (Å²) in [4.78, 5) is 12.4. The fourth-order valence-corrected chi connectivity index (χ4v) is 2.91. The Morgan fingerprint density at radius 2 is 2.12 bits per heavy atom. The normalized spacial score (nSPS) is 15.6. The van der Waals surface area contributed by atoms with E-state index in [0.29, 0.717) is 34.0 Å². The summed E-state index contributed by atoms with van der Waals surface area (Å²) in [5.41, 5.74) is 0.252. The second-order valence-corrected chi connectivity index (χ2v) is 6.42. The highest BCUT2D eigenvalue weighted by atomic mass is 19.1. The summed E-state index contributed by atoms with van der Waals surface area (Å²) in [6.07, 6.45) is 1.60. The van der Waals surface area contributed by atoms with Gasteiger partial charge in [0.1, 0.15) is 35.3 Å². The van der Waals surface area contributed by atoms with Crippen LogP contribution in [0.1, 0.15) is 29.6 Å². The van der Waals surface area contributed by atoms with Gasteiger partial charge in [0.05, 0.1) is 12.1 Å². The fraction of sp³-hybridized carbons (Fsp3) is 0.316. The predicted octanol–water partition coefficient (Wildman–Crippen LogP) is 2.84. The molecule has 5 nitrogen and oxygen atoms in total. The van der Waals surface area contributed by atoms with Crippen LogP contribution in [0.2, 0.25) is 0 Å². The van der Waals surface area contributed by atoms with E-state index in [1.165, 1.54) is 18.2 Å². The standard InChI is InChI=1S/C19H20FNO4/c1-11-6-16(12(2)25-11)19(3,23)10-21-18(22)14-7-13-8-15(20)4-5-17(13)24-9-14/h4-8,23H,9-10H2,1-3H3,(H,21,22). The number of carbonyl (C=O) groups is 1. The van der Waals surface area contributed by atoms with Crippen LogP contribution in [-0.2, 0) is 10.4 Å². The second-order valence-electron chi connectivity index (χ2n) is 6.42. The van der Waals surface area contributed by atoms with Crippen molar-refractivity contribution in [3.8, 4) is 5.75 Å². The van der Waals surface area contributed by atoms with Crippen LogP contribution in [0, 0.1) is 19.7 Å². The third-order valence-corrected chi connectivity index (χ3v) is 4.19. The smallest absolute Gasteiger partial charge is 0.250 e. The zero-order valence-electron chi connectivity index (χ0n) is 14.4. The number of nitrogens with one attached hydrogen (secondary N) is 1. The molecule has 2 aromatic rings. The van der Waals surface area contributed by atoms with Gasteiger partial charge in [0.2, 0.25) is 0 Å². The van der Waals surface area contributed by atoms with Gasteiger partial charge in [0, 0.05) is 11.1 Å². The molecule has 1 atom stereocenters. The summed E-state index contributed by atoms with van der Waals surface area (Å²) < 4.78 is 24.2. The van der Waals surface area contributed by atoms with Crippen molar-refractivity contribution in [1.82, 2.24) is 5.32 Å². The minimum absolute atomic E-state index is 0.0129. The van der Waals surface area contributed by atoms with E-state index in [1.807, 2.05) is 0 Å². The molecule has 1 aliphatic rings. The van der Waals surface area contributed by atoms with Crippen LogP contribution in [0.5, 0.6) is 5.75 Å². The van der Waals surface area contributed by atoms with Crippen molar-refractivity contribution in [2.24, 2.45) is 0 Å². The van der Waals surface area contributed by atoms with Gasteiger partial charge in [0.25, 0.3) is 5.91 Å². The average Bonchev–Trinajstić information content (AvgIpc) is 2.91. The molecule has 1 aromatic carbocycles. The Bertz CT molecular complexity index is 851. The molecule has 2 N–H and O–H groups in total. The van der Waals surface area contributed by atoms with Crippen LogP contribution in [0.3, 0.4) is 0 Å². The minimum Gasteiger partial charge on any atom is -0.488 e. The number of rotatable bonds is 4. The van der Waals surface area contributed by atoms with E-state index >= 15 is 0 Å². The molecule has 1 amide bonds. The Balaban J connectivity index is 1.71. The van der Waals surface area contributed by atoms with Crippen molar-refractivity contribution in [1.29, 1.82) is 0 Å². The first-order chi connectivity index (χ1) is 11.8. The van der Waals surface area contributed by atoms with E-state index in [9.17, 15) is 14.3 Å². The summed E-state index contributed by atoms with van der Waals surface area (Å²) in [7, 11) is 0. The van der Waals surface area contributed by atoms with Gasteiger partial charge in [-0.2, -0.15) is 0 Å². The second kappa shape index (κ2) is 6.37. The van der Waals surface area contributed by atoms with Crippen molar-refractivity contribution in [2.45, 2.75) is 26.4 Å². The van der Waals surface area contributed by atoms with Gasteiger partial charge in [0.15, 0.2) is 0 Å². The lowest BCUT2D eigenvalue weighted by Crippen LogP contribution is -2.40. The van der Waals surface area contributed by atoms with Gasteiger partial charge < -0.3 is 19.6 Å². The third-order valence-electron chi connectivity index (χ3n) is 4.19. The molecule has 132 valence electrons. The molecule has 0 bridgehead atoms. The molecule has 6 heteroatoms. The van der Waals surface area contributed by atoms with E-state index < -0.39 is 11.4 Å². The van der Waals surface area contributed by atoms with Gasteiger partial charge in [-0.1, -0.05) is 0 Å². The number of aliphatic hydroxyl groups is 1. The van der Waals surface area contributed by atoms with Gasteiger partial charge in [-0.15, -0.1) is 0 Å². The first-order valence-corrected chi connectivity index (χ1v) is 7.97. The quantitative estimate of drug-likeness (QED) is 0.894. The maximum Gasteiger partial charge on any atom is 0.250 e. The first-order valence-electron chi connectivity index (χ1n) is 7.97. The van der Waals surface area contributed by atoms with Gasteiger partial charge >= 0.3 is 0 Å². The SMILES string of the molecule is Cc1cc(C(C)(O)CNC(=O)C2=Cc3cc(F)ccc3OC2)c(C)o1. The molecule has 1 aliphatic heterocycles. The van der Waals surface area contributed by atoms with Crippen molar-refractivity contribution >= 4 is 12.0 Å². The summed E-state index contributed by atoms with van der Waals surface area (Å²) in [5.74, 6) is 1.08. The fourth-order valence-electron chi connectivity index (χ4n) is 2.91. The highest BCUT2D eigenvalue weighted by Gasteiger charge is 2.29. The van der Waals surface area contributed by atoms with Crippen LogP contribution in [-0.4, -0.2) is 24.2 Å². The number of halogens is 1. The zero-order chi connectivity index (χ0) is 18.2. The molecule has 2 heterocycles. The lowest BCUT2D eigenvalue weighted by atomic mass is 9.96. The molecule has 0 spiro atoms. The first kappa shape index (κ1) is 17.2. The Kier molecular flexibility index (Phi) is 4.39. The zero-order valence-corrected chi connectivity index (χ0v) is 14.4. The Labute approximate surface area is 145 Å². The number of amides is 1. The molecule has 25 heavy (non-hydrogen) atoms. The van der Waals surface area contributed by atoms with Crippen LogP contribution < -0.4 is 10.1 Å². The molecule has 0 aliphatic carbocycles. The molecular formula is C19H20FNO4. The van der Waals surface area contributed by atoms with E-state index in [-0.39, 0.29) is 19.1 Å². The molecule has 0 saturated carbocycles. The molecule has 1 aromatic heterocycles. The maximum absolute atomic E-state index is 13.3.